The Bertz CT molecular complexity index is 509. The molecule has 2 aromatic rings. The van der Waals surface area contributed by atoms with E-state index in [0.29, 0.717) is 5.69 Å². The maximum absolute atomic E-state index is 11.0. The lowest BCUT2D eigenvalue weighted by atomic mass is 10.2. The molecule has 0 aliphatic carbocycles. The number of nitrogens with one attached hydrogen (secondary N) is 2. The van der Waals surface area contributed by atoms with E-state index < -0.39 is 6.09 Å². The Morgan fingerprint density at radius 1 is 0.889 bits per heavy atom. The Morgan fingerprint density at radius 2 is 1.44 bits per heavy atom. The van der Waals surface area contributed by atoms with Crippen molar-refractivity contribution in [2.45, 2.75) is 0 Å². The van der Waals surface area contributed by atoms with Crippen molar-refractivity contribution in [3.63, 3.8) is 0 Å². The highest BCUT2D eigenvalue weighted by molar-refractivity contribution is 5.84. The number of hydrogen-bond acceptors (Lipinski definition) is 3. The number of rotatable bonds is 3. The molecule has 0 saturated carbocycles. The number of carbonyl (C=O) groups excluding carboxylic acids is 1. The van der Waals surface area contributed by atoms with E-state index in [-0.39, 0.29) is 0 Å². The lowest BCUT2D eigenvalue weighted by molar-refractivity contribution is 0.187. The van der Waals surface area contributed by atoms with Gasteiger partial charge in [0, 0.05) is 17.1 Å². The van der Waals surface area contributed by atoms with Crippen molar-refractivity contribution in [3.8, 4) is 0 Å². The predicted molar refractivity (Wildman–Crippen MR) is 72.2 cm³/mol. The van der Waals surface area contributed by atoms with Gasteiger partial charge < -0.3 is 10.1 Å². The van der Waals surface area contributed by atoms with Crippen LogP contribution in [0.2, 0.25) is 0 Å². The molecule has 0 aliphatic heterocycles. The maximum Gasteiger partial charge on any atom is 0.411 e. The van der Waals surface area contributed by atoms with Gasteiger partial charge in [0.25, 0.3) is 0 Å². The quantitative estimate of drug-likeness (QED) is 0.864. The maximum atomic E-state index is 11.0. The van der Waals surface area contributed by atoms with E-state index in [1.54, 1.807) is 0 Å². The monoisotopic (exact) mass is 242 g/mol. The number of hydrogen-bond donors (Lipinski definition) is 2. The zero-order valence-electron chi connectivity index (χ0n) is 10.0. The molecule has 0 saturated heterocycles. The van der Waals surface area contributed by atoms with Gasteiger partial charge in [-0.3, -0.25) is 5.32 Å². The van der Waals surface area contributed by atoms with E-state index in [1.165, 1.54) is 7.11 Å². The molecule has 0 unspecified atom stereocenters. The summed E-state index contributed by atoms with van der Waals surface area (Å²) >= 11 is 0. The van der Waals surface area contributed by atoms with E-state index in [9.17, 15) is 4.79 Å². The van der Waals surface area contributed by atoms with Gasteiger partial charge in [0.2, 0.25) is 0 Å². The first-order valence-corrected chi connectivity index (χ1v) is 5.55. The van der Waals surface area contributed by atoms with Gasteiger partial charge in [0.1, 0.15) is 0 Å². The van der Waals surface area contributed by atoms with Crippen LogP contribution in [0.1, 0.15) is 0 Å². The Morgan fingerprint density at radius 3 is 2.06 bits per heavy atom. The Labute approximate surface area is 106 Å². The van der Waals surface area contributed by atoms with Crippen LogP contribution in [0.4, 0.5) is 21.9 Å². The Hall–Kier alpha value is -2.49. The van der Waals surface area contributed by atoms with E-state index in [4.69, 9.17) is 0 Å². The van der Waals surface area contributed by atoms with Crippen molar-refractivity contribution in [2.75, 3.05) is 17.7 Å². The number of para-hydroxylation sites is 1. The molecular formula is C14H14N2O2. The standard InChI is InChI=1S/C14H14N2O2/c1-18-14(17)16-13-9-7-12(8-10-13)15-11-5-3-2-4-6-11/h2-10,15H,1H3,(H,16,17). The topological polar surface area (TPSA) is 50.4 Å². The second kappa shape index (κ2) is 5.72. The van der Waals surface area contributed by atoms with Gasteiger partial charge in [-0.1, -0.05) is 18.2 Å². The molecule has 0 radical (unpaired) electrons. The SMILES string of the molecule is COC(=O)Nc1ccc(Nc2ccccc2)cc1. The smallest absolute Gasteiger partial charge is 0.411 e. The molecule has 92 valence electrons. The van der Waals surface area contributed by atoms with Gasteiger partial charge in [0.05, 0.1) is 7.11 Å². The van der Waals surface area contributed by atoms with Gasteiger partial charge in [0.15, 0.2) is 0 Å². The van der Waals surface area contributed by atoms with Crippen LogP contribution in [0.15, 0.2) is 54.6 Å². The van der Waals surface area contributed by atoms with E-state index in [0.717, 1.165) is 11.4 Å². The fraction of sp³-hybridized carbons (Fsp3) is 0.0714. The lowest BCUT2D eigenvalue weighted by Crippen LogP contribution is -2.10. The summed E-state index contributed by atoms with van der Waals surface area (Å²) in [6.07, 6.45) is -0.473. The van der Waals surface area contributed by atoms with E-state index >= 15 is 0 Å². The van der Waals surface area contributed by atoms with E-state index in [1.807, 2.05) is 54.6 Å². The number of anilines is 3. The molecule has 0 aromatic heterocycles. The van der Waals surface area contributed by atoms with Crippen molar-refractivity contribution in [3.05, 3.63) is 54.6 Å². The van der Waals surface area contributed by atoms with Gasteiger partial charge in [-0.25, -0.2) is 4.79 Å². The first-order chi connectivity index (χ1) is 8.78. The molecule has 4 heteroatoms. The fourth-order valence-electron chi connectivity index (χ4n) is 1.49. The molecule has 0 heterocycles. The van der Waals surface area contributed by atoms with Crippen molar-refractivity contribution in [1.82, 2.24) is 0 Å². The number of carbonyl (C=O) groups is 1. The molecule has 2 N–H and O–H groups in total. The highest BCUT2D eigenvalue weighted by atomic mass is 16.5. The summed E-state index contributed by atoms with van der Waals surface area (Å²) in [6, 6.07) is 17.3. The lowest BCUT2D eigenvalue weighted by Gasteiger charge is -2.07. The average molecular weight is 242 g/mol. The first-order valence-electron chi connectivity index (χ1n) is 5.55. The van der Waals surface area contributed by atoms with Crippen LogP contribution in [-0.2, 0) is 4.74 Å². The highest BCUT2D eigenvalue weighted by Crippen LogP contribution is 2.18. The van der Waals surface area contributed by atoms with Crippen molar-refractivity contribution < 1.29 is 9.53 Å². The average Bonchev–Trinajstić information content (AvgIpc) is 2.42. The van der Waals surface area contributed by atoms with Crippen LogP contribution in [0.5, 0.6) is 0 Å². The second-order valence-electron chi connectivity index (χ2n) is 3.68. The van der Waals surface area contributed by atoms with Crippen molar-refractivity contribution in [1.29, 1.82) is 0 Å². The van der Waals surface area contributed by atoms with Crippen molar-refractivity contribution in [2.24, 2.45) is 0 Å². The highest BCUT2D eigenvalue weighted by Gasteiger charge is 2.00. The van der Waals surface area contributed by atoms with Crippen LogP contribution in [0.3, 0.4) is 0 Å². The van der Waals surface area contributed by atoms with Gasteiger partial charge >= 0.3 is 6.09 Å². The molecule has 0 spiro atoms. The van der Waals surface area contributed by atoms with Crippen LogP contribution in [0.25, 0.3) is 0 Å². The molecule has 0 aliphatic rings. The van der Waals surface area contributed by atoms with Crippen LogP contribution in [-0.4, -0.2) is 13.2 Å². The zero-order chi connectivity index (χ0) is 12.8. The summed E-state index contributed by atoms with van der Waals surface area (Å²) in [5.74, 6) is 0. The molecule has 2 rings (SSSR count). The minimum absolute atomic E-state index is 0.473. The number of benzene rings is 2. The summed E-state index contributed by atoms with van der Waals surface area (Å²) in [5, 5.41) is 5.85. The summed E-state index contributed by atoms with van der Waals surface area (Å²) < 4.78 is 4.51. The van der Waals surface area contributed by atoms with Gasteiger partial charge in [-0.15, -0.1) is 0 Å². The molecule has 1 amide bonds. The van der Waals surface area contributed by atoms with E-state index in [2.05, 4.69) is 15.4 Å². The van der Waals surface area contributed by atoms with Crippen LogP contribution in [0, 0.1) is 0 Å². The molecule has 2 aromatic carbocycles. The summed E-state index contributed by atoms with van der Waals surface area (Å²) in [5.41, 5.74) is 2.67. The Balaban J connectivity index is 2.02. The Kier molecular flexibility index (Phi) is 3.81. The molecule has 4 nitrogen and oxygen atoms in total. The molecule has 0 atom stereocenters. The predicted octanol–water partition coefficient (Wildman–Crippen LogP) is 3.61. The van der Waals surface area contributed by atoms with Crippen molar-refractivity contribution >= 4 is 23.2 Å². The first kappa shape index (κ1) is 12.0. The minimum atomic E-state index is -0.473. The normalized spacial score (nSPS) is 9.61. The molecule has 18 heavy (non-hydrogen) atoms. The van der Waals surface area contributed by atoms with Gasteiger partial charge in [-0.05, 0) is 36.4 Å². The molecule has 0 fully saturated rings. The van der Waals surface area contributed by atoms with Crippen LogP contribution < -0.4 is 10.6 Å². The third-order valence-electron chi connectivity index (χ3n) is 2.38. The minimum Gasteiger partial charge on any atom is -0.453 e. The summed E-state index contributed by atoms with van der Waals surface area (Å²) in [6.45, 7) is 0. The fourth-order valence-corrected chi connectivity index (χ4v) is 1.49. The third kappa shape index (κ3) is 3.25. The largest absolute Gasteiger partial charge is 0.453 e. The second-order valence-corrected chi connectivity index (χ2v) is 3.68. The van der Waals surface area contributed by atoms with Gasteiger partial charge in [-0.2, -0.15) is 0 Å². The number of methoxy groups -OCH3 is 1. The third-order valence-corrected chi connectivity index (χ3v) is 2.38. The molecule has 0 bridgehead atoms. The summed E-state index contributed by atoms with van der Waals surface area (Å²) in [7, 11) is 1.33. The number of amides is 1. The molecular weight excluding hydrogens is 228 g/mol. The summed E-state index contributed by atoms with van der Waals surface area (Å²) in [4.78, 5) is 11.0. The zero-order valence-corrected chi connectivity index (χ0v) is 10.0. The van der Waals surface area contributed by atoms with Crippen LogP contribution >= 0.6 is 0 Å². The number of ether oxygens (including phenoxy) is 1.